The summed E-state index contributed by atoms with van der Waals surface area (Å²) in [5.74, 6) is -1.58. The second-order valence-corrected chi connectivity index (χ2v) is 9.80. The molecule has 0 radical (unpaired) electrons. The molecule has 1 N–H and O–H groups in total. The Morgan fingerprint density at radius 3 is 2.52 bits per heavy atom. The molecule has 0 aromatic rings. The van der Waals surface area contributed by atoms with Gasteiger partial charge in [-0.1, -0.05) is 12.7 Å². The lowest BCUT2D eigenvalue weighted by Gasteiger charge is -2.26. The Labute approximate surface area is 169 Å². The third kappa shape index (κ3) is 4.70. The van der Waals surface area contributed by atoms with Crippen molar-refractivity contribution in [3.8, 4) is 0 Å². The summed E-state index contributed by atoms with van der Waals surface area (Å²) in [6.45, 7) is 8.27. The van der Waals surface area contributed by atoms with Gasteiger partial charge < -0.3 is 14.8 Å². The van der Waals surface area contributed by atoms with E-state index in [1.165, 1.54) is 31.4 Å². The Morgan fingerprint density at radius 2 is 2.00 bits per heavy atom. The van der Waals surface area contributed by atoms with Gasteiger partial charge in [-0.25, -0.2) is 27.3 Å². The van der Waals surface area contributed by atoms with Crippen molar-refractivity contribution in [1.82, 2.24) is 19.6 Å². The van der Waals surface area contributed by atoms with Gasteiger partial charge in [0.15, 0.2) is 6.04 Å². The van der Waals surface area contributed by atoms with E-state index in [0.717, 1.165) is 9.31 Å². The lowest BCUT2D eigenvalue weighted by Crippen LogP contribution is -2.50. The third-order valence-electron chi connectivity index (χ3n) is 4.00. The Bertz CT molecular complexity index is 844. The predicted octanol–water partition coefficient (Wildman–Crippen LogP) is -0.217. The van der Waals surface area contributed by atoms with E-state index in [-0.39, 0.29) is 18.1 Å². The Kier molecular flexibility index (Phi) is 6.28. The quantitative estimate of drug-likeness (QED) is 0.453. The number of rotatable bonds is 6. The largest absolute Gasteiger partial charge is 0.460 e. The fraction of sp³-hybridized carbons (Fsp3) is 0.588. The minimum absolute atomic E-state index is 0.0598. The van der Waals surface area contributed by atoms with E-state index in [9.17, 15) is 22.8 Å². The number of nitrogens with zero attached hydrogens (tertiary/aromatic N) is 3. The van der Waals surface area contributed by atoms with Crippen LogP contribution in [0.25, 0.3) is 0 Å². The van der Waals surface area contributed by atoms with Gasteiger partial charge in [-0.15, -0.1) is 0 Å². The first kappa shape index (κ1) is 22.7. The van der Waals surface area contributed by atoms with Crippen LogP contribution in [0, 0.1) is 0 Å². The number of amides is 2. The van der Waals surface area contributed by atoms with E-state index in [0.29, 0.717) is 0 Å². The van der Waals surface area contributed by atoms with Crippen LogP contribution in [0.1, 0.15) is 20.8 Å². The van der Waals surface area contributed by atoms with Gasteiger partial charge >= 0.3 is 12.1 Å². The molecule has 0 spiro atoms. The average Bonchev–Trinajstić information content (AvgIpc) is 3.08. The molecule has 1 fully saturated rings. The first-order valence-corrected chi connectivity index (χ1v) is 10.2. The van der Waals surface area contributed by atoms with Crippen LogP contribution in [0.3, 0.4) is 0 Å². The lowest BCUT2D eigenvalue weighted by molar-refractivity contribution is -0.156. The molecular formula is C17H26N4O7S. The maximum Gasteiger partial charge on any atom is 0.408 e. The van der Waals surface area contributed by atoms with Crippen LogP contribution >= 0.6 is 0 Å². The van der Waals surface area contributed by atoms with Crippen LogP contribution in [-0.4, -0.2) is 85.6 Å². The zero-order valence-corrected chi connectivity index (χ0v) is 17.9. The van der Waals surface area contributed by atoms with Crippen LogP contribution < -0.4 is 5.32 Å². The van der Waals surface area contributed by atoms with E-state index in [2.05, 4.69) is 11.9 Å². The van der Waals surface area contributed by atoms with Crippen LogP contribution in [-0.2, 0) is 29.1 Å². The molecule has 2 atom stereocenters. The first-order valence-electron chi connectivity index (χ1n) is 8.80. The minimum Gasteiger partial charge on any atom is -0.460 e. The smallest absolute Gasteiger partial charge is 0.408 e. The molecule has 12 heteroatoms. The molecule has 0 bridgehead atoms. The number of carbonyl (C=O) groups is 3. The molecule has 2 amide bonds. The molecule has 0 saturated carbocycles. The molecule has 0 aromatic heterocycles. The topological polar surface area (TPSA) is 126 Å². The van der Waals surface area contributed by atoms with Crippen molar-refractivity contribution >= 4 is 28.0 Å². The molecule has 162 valence electrons. The van der Waals surface area contributed by atoms with Crippen molar-refractivity contribution in [1.29, 1.82) is 0 Å². The molecule has 1 saturated heterocycles. The average molecular weight is 430 g/mol. The highest BCUT2D eigenvalue weighted by molar-refractivity contribution is 7.93. The van der Waals surface area contributed by atoms with Gasteiger partial charge in [-0.3, -0.25) is 9.80 Å². The van der Waals surface area contributed by atoms with Crippen LogP contribution in [0.15, 0.2) is 23.8 Å². The molecule has 2 heterocycles. The molecule has 0 unspecified atom stereocenters. The lowest BCUT2D eigenvalue weighted by atomic mass is 10.2. The number of hydrazine groups is 1. The van der Waals surface area contributed by atoms with E-state index in [1.807, 2.05) is 0 Å². The maximum absolute atomic E-state index is 12.9. The molecule has 0 aromatic carbocycles. The number of carbonyl (C=O) groups excluding carboxylic acids is 3. The Balaban J connectivity index is 2.31. The molecule has 0 aliphatic carbocycles. The molecule has 2 rings (SSSR count). The SMILES string of the molecule is C=CCOC(=O)[C@@H]1C(S(=O)(=O)N(C)C)=CN2C[C@H](NC(=O)OC(C)(C)C)C(=O)N12. The van der Waals surface area contributed by atoms with Crippen LogP contribution in [0.2, 0.25) is 0 Å². The van der Waals surface area contributed by atoms with Gasteiger partial charge in [-0.05, 0) is 20.8 Å². The van der Waals surface area contributed by atoms with E-state index >= 15 is 0 Å². The second-order valence-electron chi connectivity index (χ2n) is 7.64. The highest BCUT2D eigenvalue weighted by atomic mass is 32.2. The van der Waals surface area contributed by atoms with E-state index in [4.69, 9.17) is 9.47 Å². The number of nitrogens with one attached hydrogen (secondary N) is 1. The summed E-state index contributed by atoms with van der Waals surface area (Å²) in [6.07, 6.45) is 1.73. The molecular weight excluding hydrogens is 404 g/mol. The van der Waals surface area contributed by atoms with Gasteiger partial charge in [-0.2, -0.15) is 0 Å². The van der Waals surface area contributed by atoms with E-state index in [1.54, 1.807) is 20.8 Å². The first-order chi connectivity index (χ1) is 13.3. The van der Waals surface area contributed by atoms with Crippen LogP contribution in [0.4, 0.5) is 4.79 Å². The molecule has 11 nitrogen and oxygen atoms in total. The summed E-state index contributed by atoms with van der Waals surface area (Å²) in [7, 11) is -1.38. The number of hydrogen-bond donors (Lipinski definition) is 1. The second kappa shape index (κ2) is 8.03. The van der Waals surface area contributed by atoms with Gasteiger partial charge in [0, 0.05) is 20.3 Å². The summed E-state index contributed by atoms with van der Waals surface area (Å²) in [5.41, 5.74) is -0.758. The number of fused-ring (bicyclic) bond motifs is 1. The minimum atomic E-state index is -4.01. The van der Waals surface area contributed by atoms with Crippen molar-refractivity contribution in [2.45, 2.75) is 38.5 Å². The molecule has 29 heavy (non-hydrogen) atoms. The Hall–Kier alpha value is -2.60. The number of esters is 1. The Morgan fingerprint density at radius 1 is 1.38 bits per heavy atom. The summed E-state index contributed by atoms with van der Waals surface area (Å²) in [6, 6.07) is -2.51. The molecule has 2 aliphatic heterocycles. The number of sulfonamides is 1. The van der Waals surface area contributed by atoms with Crippen LogP contribution in [0.5, 0.6) is 0 Å². The zero-order chi connectivity index (χ0) is 22.1. The zero-order valence-electron chi connectivity index (χ0n) is 17.0. The third-order valence-corrected chi connectivity index (χ3v) is 5.88. The van der Waals surface area contributed by atoms with E-state index < -0.39 is 45.7 Å². The molecule has 2 aliphatic rings. The normalized spacial score (nSPS) is 21.7. The standard InChI is InChI=1S/C17H26N4O7S/c1-7-8-27-15(23)13-12(29(25,26)19(5)6)10-20-9-11(14(22)21(13)20)18-16(24)28-17(2,3)4/h7,10-11,13H,1,8-9H2,2-6H3,(H,18,24)/t11-,13-/m0/s1. The van der Waals surface area contributed by atoms with Crippen molar-refractivity contribution in [3.63, 3.8) is 0 Å². The fourth-order valence-corrected chi connectivity index (χ4v) is 3.93. The van der Waals surface area contributed by atoms with Gasteiger partial charge in [0.2, 0.25) is 10.0 Å². The summed E-state index contributed by atoms with van der Waals surface area (Å²) in [4.78, 5) is 37.1. The van der Waals surface area contributed by atoms with Crippen molar-refractivity contribution < 1.29 is 32.3 Å². The van der Waals surface area contributed by atoms with Gasteiger partial charge in [0.25, 0.3) is 5.91 Å². The highest BCUT2D eigenvalue weighted by Gasteiger charge is 2.53. The highest BCUT2D eigenvalue weighted by Crippen LogP contribution is 2.33. The van der Waals surface area contributed by atoms with Crippen molar-refractivity contribution in [2.75, 3.05) is 27.2 Å². The fourth-order valence-electron chi connectivity index (χ4n) is 2.78. The summed E-state index contributed by atoms with van der Waals surface area (Å²) < 4.78 is 36.4. The van der Waals surface area contributed by atoms with Crippen molar-refractivity contribution in [2.24, 2.45) is 0 Å². The van der Waals surface area contributed by atoms with Gasteiger partial charge in [0.1, 0.15) is 23.2 Å². The summed E-state index contributed by atoms with van der Waals surface area (Å²) in [5, 5.41) is 4.70. The number of hydrogen-bond acceptors (Lipinski definition) is 8. The summed E-state index contributed by atoms with van der Waals surface area (Å²) >= 11 is 0. The number of alkyl carbamates (subject to hydrolysis) is 1. The van der Waals surface area contributed by atoms with Gasteiger partial charge in [0.05, 0.1) is 6.54 Å². The number of ether oxygens (including phenoxy) is 2. The van der Waals surface area contributed by atoms with Crippen molar-refractivity contribution in [3.05, 3.63) is 23.8 Å². The predicted molar refractivity (Wildman–Crippen MR) is 102 cm³/mol. The maximum atomic E-state index is 12.9. The monoisotopic (exact) mass is 430 g/mol.